The van der Waals surface area contributed by atoms with E-state index < -0.39 is 35.4 Å². The third-order valence-corrected chi connectivity index (χ3v) is 4.98. The van der Waals surface area contributed by atoms with Crippen molar-refractivity contribution in [3.8, 4) is 0 Å². The molecule has 0 amide bonds. The van der Waals surface area contributed by atoms with Crippen LogP contribution >= 0.6 is 11.6 Å². The van der Waals surface area contributed by atoms with Gasteiger partial charge in [0.15, 0.2) is 0 Å². The molecule has 2 rings (SSSR count). The van der Waals surface area contributed by atoms with E-state index in [4.69, 9.17) is 11.6 Å². The number of halogens is 7. The molecule has 1 spiro atoms. The van der Waals surface area contributed by atoms with Crippen LogP contribution in [0.4, 0.5) is 26.3 Å². The molecule has 0 N–H and O–H groups in total. The first-order valence-corrected chi connectivity index (χ1v) is 6.94. The van der Waals surface area contributed by atoms with Gasteiger partial charge in [-0.15, -0.1) is 11.6 Å². The first kappa shape index (κ1) is 16.2. The molecule has 0 saturated heterocycles. The van der Waals surface area contributed by atoms with E-state index >= 15 is 0 Å². The van der Waals surface area contributed by atoms with Crippen LogP contribution in [0.25, 0.3) is 0 Å². The van der Waals surface area contributed by atoms with E-state index in [0.717, 1.165) is 19.3 Å². The van der Waals surface area contributed by atoms with Crippen LogP contribution in [-0.4, -0.2) is 29.9 Å². The van der Waals surface area contributed by atoms with Gasteiger partial charge in [0.2, 0.25) is 6.10 Å². The molecule has 0 bridgehead atoms. The van der Waals surface area contributed by atoms with Crippen LogP contribution in [0.15, 0.2) is 0 Å². The highest BCUT2D eigenvalue weighted by Crippen LogP contribution is 2.57. The molecule has 2 atom stereocenters. The fourth-order valence-corrected chi connectivity index (χ4v) is 3.76. The molecule has 118 valence electrons. The summed E-state index contributed by atoms with van der Waals surface area (Å²) in [5.41, 5.74) is -0.714. The Kier molecular flexibility index (Phi) is 4.24. The topological polar surface area (TPSA) is 9.23 Å². The van der Waals surface area contributed by atoms with Crippen molar-refractivity contribution in [3.63, 3.8) is 0 Å². The molecular weight excluding hydrogens is 310 g/mol. The molecule has 0 heterocycles. The maximum Gasteiger partial charge on any atom is 0.423 e. The van der Waals surface area contributed by atoms with Crippen LogP contribution < -0.4 is 0 Å². The second-order valence-electron chi connectivity index (χ2n) is 5.59. The minimum absolute atomic E-state index is 0.0458. The number of hydrogen-bond acceptors (Lipinski definition) is 1. The summed E-state index contributed by atoms with van der Waals surface area (Å²) in [6, 6.07) is 0. The standard InChI is InChI=1S/C12H15ClF6O/c13-7-6-8(10(7)4-2-1-3-5-10)20-9(11(14,15)16)12(17,18)19/h7-9H,1-6H2. The summed E-state index contributed by atoms with van der Waals surface area (Å²) in [7, 11) is 0. The summed E-state index contributed by atoms with van der Waals surface area (Å²) in [6.45, 7) is 0. The molecule has 0 aromatic rings. The molecule has 0 aliphatic heterocycles. The third kappa shape index (κ3) is 2.89. The van der Waals surface area contributed by atoms with Gasteiger partial charge in [0.25, 0.3) is 0 Å². The summed E-state index contributed by atoms with van der Waals surface area (Å²) < 4.78 is 79.5. The Balaban J connectivity index is 2.11. The van der Waals surface area contributed by atoms with Gasteiger partial charge in [-0.2, -0.15) is 26.3 Å². The van der Waals surface area contributed by atoms with E-state index in [1.807, 2.05) is 0 Å². The Morgan fingerprint density at radius 1 is 0.950 bits per heavy atom. The summed E-state index contributed by atoms with van der Waals surface area (Å²) in [6.07, 6.45) is -12.1. The van der Waals surface area contributed by atoms with E-state index in [-0.39, 0.29) is 6.42 Å². The van der Waals surface area contributed by atoms with Crippen LogP contribution in [0.5, 0.6) is 0 Å². The Bertz CT molecular complexity index is 333. The van der Waals surface area contributed by atoms with Crippen molar-refractivity contribution in [2.75, 3.05) is 0 Å². The number of alkyl halides is 7. The van der Waals surface area contributed by atoms with E-state index in [0.29, 0.717) is 12.8 Å². The van der Waals surface area contributed by atoms with E-state index in [9.17, 15) is 26.3 Å². The van der Waals surface area contributed by atoms with E-state index in [1.165, 1.54) is 0 Å². The fraction of sp³-hybridized carbons (Fsp3) is 1.00. The Morgan fingerprint density at radius 3 is 1.85 bits per heavy atom. The van der Waals surface area contributed by atoms with Crippen molar-refractivity contribution in [3.05, 3.63) is 0 Å². The highest BCUT2D eigenvalue weighted by Gasteiger charge is 2.63. The molecule has 2 saturated carbocycles. The van der Waals surface area contributed by atoms with Crippen LogP contribution in [0.3, 0.4) is 0 Å². The Labute approximate surface area is 117 Å². The number of rotatable bonds is 2. The zero-order valence-corrected chi connectivity index (χ0v) is 11.3. The lowest BCUT2D eigenvalue weighted by molar-refractivity contribution is -0.347. The van der Waals surface area contributed by atoms with E-state index in [1.54, 1.807) is 0 Å². The van der Waals surface area contributed by atoms with Crippen molar-refractivity contribution >= 4 is 11.6 Å². The second-order valence-corrected chi connectivity index (χ2v) is 6.11. The van der Waals surface area contributed by atoms with Gasteiger partial charge in [-0.05, 0) is 19.3 Å². The van der Waals surface area contributed by atoms with Gasteiger partial charge in [0.1, 0.15) is 0 Å². The van der Waals surface area contributed by atoms with Gasteiger partial charge in [0.05, 0.1) is 6.10 Å². The maximum absolute atomic E-state index is 12.5. The quantitative estimate of drug-likeness (QED) is 0.522. The molecule has 2 fully saturated rings. The van der Waals surface area contributed by atoms with Crippen molar-refractivity contribution < 1.29 is 31.1 Å². The van der Waals surface area contributed by atoms with Crippen LogP contribution in [0, 0.1) is 5.41 Å². The molecule has 20 heavy (non-hydrogen) atoms. The lowest BCUT2D eigenvalue weighted by atomic mass is 9.58. The Hall–Kier alpha value is -0.170. The lowest BCUT2D eigenvalue weighted by Crippen LogP contribution is -2.60. The minimum atomic E-state index is -5.45. The molecule has 0 radical (unpaired) electrons. The zero-order valence-electron chi connectivity index (χ0n) is 10.5. The lowest BCUT2D eigenvalue weighted by Gasteiger charge is -2.56. The first-order valence-electron chi connectivity index (χ1n) is 6.50. The third-order valence-electron chi connectivity index (χ3n) is 4.37. The van der Waals surface area contributed by atoms with E-state index in [2.05, 4.69) is 4.74 Å². The van der Waals surface area contributed by atoms with Crippen LogP contribution in [-0.2, 0) is 4.74 Å². The van der Waals surface area contributed by atoms with Gasteiger partial charge < -0.3 is 4.74 Å². The first-order chi connectivity index (χ1) is 9.07. The minimum Gasteiger partial charge on any atom is -0.357 e. The van der Waals surface area contributed by atoms with Crippen molar-refractivity contribution in [2.24, 2.45) is 5.41 Å². The second kappa shape index (κ2) is 5.23. The normalized spacial score (nSPS) is 30.6. The van der Waals surface area contributed by atoms with Crippen molar-refractivity contribution in [1.82, 2.24) is 0 Å². The average molecular weight is 325 g/mol. The van der Waals surface area contributed by atoms with Crippen LogP contribution in [0.1, 0.15) is 38.5 Å². The van der Waals surface area contributed by atoms with Gasteiger partial charge in [-0.1, -0.05) is 19.3 Å². The van der Waals surface area contributed by atoms with Gasteiger partial charge in [-0.25, -0.2) is 0 Å². The predicted molar refractivity (Wildman–Crippen MR) is 60.5 cm³/mol. The maximum atomic E-state index is 12.5. The summed E-state index contributed by atoms with van der Waals surface area (Å²) in [4.78, 5) is 0. The van der Waals surface area contributed by atoms with Crippen molar-refractivity contribution in [2.45, 2.75) is 68.5 Å². The highest BCUT2D eigenvalue weighted by molar-refractivity contribution is 6.21. The largest absolute Gasteiger partial charge is 0.423 e. The summed E-state index contributed by atoms with van der Waals surface area (Å²) >= 11 is 6.05. The molecule has 2 aliphatic rings. The van der Waals surface area contributed by atoms with Crippen molar-refractivity contribution in [1.29, 1.82) is 0 Å². The average Bonchev–Trinajstić information content (AvgIpc) is 2.32. The monoisotopic (exact) mass is 324 g/mol. The molecule has 2 aliphatic carbocycles. The SMILES string of the molecule is FC(F)(F)C(OC1CC(Cl)C12CCCCC2)C(F)(F)F. The number of ether oxygens (including phenoxy) is 1. The number of hydrogen-bond donors (Lipinski definition) is 0. The van der Waals surface area contributed by atoms with Gasteiger partial charge in [-0.3, -0.25) is 0 Å². The highest BCUT2D eigenvalue weighted by atomic mass is 35.5. The molecule has 1 nitrogen and oxygen atoms in total. The zero-order chi connectivity index (χ0) is 15.2. The Morgan fingerprint density at radius 2 is 1.45 bits per heavy atom. The smallest absolute Gasteiger partial charge is 0.357 e. The predicted octanol–water partition coefficient (Wildman–Crippen LogP) is 4.83. The van der Waals surface area contributed by atoms with Gasteiger partial charge in [0, 0.05) is 10.8 Å². The fourth-order valence-electron chi connectivity index (χ4n) is 3.24. The van der Waals surface area contributed by atoms with Gasteiger partial charge >= 0.3 is 12.4 Å². The molecular formula is C12H15ClF6O. The molecule has 0 aromatic heterocycles. The van der Waals surface area contributed by atoms with Crippen LogP contribution in [0.2, 0.25) is 0 Å². The molecule has 8 heteroatoms. The summed E-state index contributed by atoms with van der Waals surface area (Å²) in [5.74, 6) is 0. The molecule has 0 aromatic carbocycles. The molecule has 2 unspecified atom stereocenters. The summed E-state index contributed by atoms with van der Waals surface area (Å²) in [5, 5.41) is -0.394.